The number of hydrogen-bond donors (Lipinski definition) is 1. The van der Waals surface area contributed by atoms with Gasteiger partial charge in [0, 0.05) is 31.0 Å². The molecule has 2 aromatic rings. The van der Waals surface area contributed by atoms with E-state index in [4.69, 9.17) is 4.52 Å². The molecule has 2 fully saturated rings. The first-order valence-electron chi connectivity index (χ1n) is 9.05. The van der Waals surface area contributed by atoms with Gasteiger partial charge < -0.3 is 14.5 Å². The van der Waals surface area contributed by atoms with Gasteiger partial charge in [-0.05, 0) is 38.2 Å². The van der Waals surface area contributed by atoms with Crippen LogP contribution in [0.4, 0.5) is 0 Å². The molecule has 2 heterocycles. The predicted molar refractivity (Wildman–Crippen MR) is 93.3 cm³/mol. The lowest BCUT2D eigenvalue weighted by molar-refractivity contribution is -0.0513. The molecule has 5 heteroatoms. The zero-order valence-electron chi connectivity index (χ0n) is 14.5. The molecule has 1 amide bonds. The Morgan fingerprint density at radius 2 is 2.12 bits per heavy atom. The van der Waals surface area contributed by atoms with Crippen LogP contribution in [0.2, 0.25) is 0 Å². The fourth-order valence-electron chi connectivity index (χ4n) is 3.60. The lowest BCUT2D eigenvalue weighted by Crippen LogP contribution is -2.52. The second kappa shape index (κ2) is 6.30. The number of rotatable bonds is 4. The molecular weight excluding hydrogens is 316 g/mol. The Labute approximate surface area is 147 Å². The minimum absolute atomic E-state index is 0.00146. The molecule has 132 valence electrons. The van der Waals surface area contributed by atoms with Crippen molar-refractivity contribution in [2.45, 2.75) is 44.1 Å². The highest BCUT2D eigenvalue weighted by atomic mass is 16.5. The van der Waals surface area contributed by atoms with Crippen molar-refractivity contribution < 1.29 is 14.4 Å². The Kier molecular flexibility index (Phi) is 4.12. The molecule has 25 heavy (non-hydrogen) atoms. The van der Waals surface area contributed by atoms with Gasteiger partial charge in [0.15, 0.2) is 0 Å². The summed E-state index contributed by atoms with van der Waals surface area (Å²) in [5.74, 6) is 0.673. The van der Waals surface area contributed by atoms with Crippen LogP contribution >= 0.6 is 0 Å². The fourth-order valence-corrected chi connectivity index (χ4v) is 3.60. The smallest absolute Gasteiger partial charge is 0.292 e. The van der Waals surface area contributed by atoms with Crippen LogP contribution in [0.5, 0.6) is 0 Å². The van der Waals surface area contributed by atoms with E-state index in [1.165, 1.54) is 5.56 Å². The third-order valence-corrected chi connectivity index (χ3v) is 5.56. The topological polar surface area (TPSA) is 66.6 Å². The summed E-state index contributed by atoms with van der Waals surface area (Å²) < 4.78 is 5.28. The van der Waals surface area contributed by atoms with Crippen LogP contribution < -0.4 is 0 Å². The van der Waals surface area contributed by atoms with E-state index >= 15 is 0 Å². The molecule has 1 aliphatic carbocycles. The van der Waals surface area contributed by atoms with Gasteiger partial charge >= 0.3 is 0 Å². The standard InChI is InChI=1S/C20H24N2O3/c1-20(24)9-10-22(13-16(20)11-14-5-3-2-4-6-14)19(23)18-12-17(21-25-18)15-7-8-15/h2-6,12,15-16,24H,7-11,13H2,1H3/t16-,20+/m1/s1. The SMILES string of the molecule is C[C@]1(O)CCN(C(=O)c2cc(C3CC3)no2)C[C@H]1Cc1ccccc1. The van der Waals surface area contributed by atoms with Crippen molar-refractivity contribution in [3.05, 3.63) is 53.4 Å². The molecular formula is C20H24N2O3. The van der Waals surface area contributed by atoms with E-state index in [9.17, 15) is 9.90 Å². The first-order chi connectivity index (χ1) is 12.0. The highest BCUT2D eigenvalue weighted by Gasteiger charge is 2.40. The number of likely N-dealkylation sites (tertiary alicyclic amines) is 1. The summed E-state index contributed by atoms with van der Waals surface area (Å²) in [7, 11) is 0. The first-order valence-corrected chi connectivity index (χ1v) is 9.05. The molecule has 1 aromatic heterocycles. The predicted octanol–water partition coefficient (Wildman–Crippen LogP) is 3.01. The molecule has 2 atom stereocenters. The maximum absolute atomic E-state index is 12.8. The van der Waals surface area contributed by atoms with Gasteiger partial charge in [-0.15, -0.1) is 0 Å². The van der Waals surface area contributed by atoms with Crippen LogP contribution in [0.25, 0.3) is 0 Å². The Morgan fingerprint density at radius 3 is 2.84 bits per heavy atom. The zero-order chi connectivity index (χ0) is 17.4. The second-order valence-corrected chi connectivity index (χ2v) is 7.64. The summed E-state index contributed by atoms with van der Waals surface area (Å²) in [4.78, 5) is 14.6. The molecule has 0 radical (unpaired) electrons. The number of aliphatic hydroxyl groups is 1. The van der Waals surface area contributed by atoms with Crippen LogP contribution in [0, 0.1) is 5.92 Å². The van der Waals surface area contributed by atoms with Crippen molar-refractivity contribution in [3.8, 4) is 0 Å². The maximum atomic E-state index is 12.8. The van der Waals surface area contributed by atoms with Gasteiger partial charge in [0.25, 0.3) is 5.91 Å². The lowest BCUT2D eigenvalue weighted by Gasteiger charge is -2.42. The minimum atomic E-state index is -0.771. The van der Waals surface area contributed by atoms with Gasteiger partial charge in [0.05, 0.1) is 11.3 Å². The number of carbonyl (C=O) groups excluding carboxylic acids is 1. The van der Waals surface area contributed by atoms with Crippen LogP contribution in [0.1, 0.15) is 53.9 Å². The van der Waals surface area contributed by atoms with E-state index in [2.05, 4.69) is 17.3 Å². The number of amides is 1. The number of piperidine rings is 1. The van der Waals surface area contributed by atoms with Gasteiger partial charge in [0.2, 0.25) is 5.76 Å². The molecule has 4 rings (SSSR count). The van der Waals surface area contributed by atoms with E-state index in [-0.39, 0.29) is 11.8 Å². The molecule has 0 spiro atoms. The van der Waals surface area contributed by atoms with Crippen LogP contribution in [0.3, 0.4) is 0 Å². The second-order valence-electron chi connectivity index (χ2n) is 7.64. The zero-order valence-corrected chi connectivity index (χ0v) is 14.5. The normalized spacial score (nSPS) is 26.6. The van der Waals surface area contributed by atoms with E-state index in [0.29, 0.717) is 31.2 Å². The van der Waals surface area contributed by atoms with Crippen molar-refractivity contribution >= 4 is 5.91 Å². The number of benzene rings is 1. The van der Waals surface area contributed by atoms with E-state index in [1.807, 2.05) is 25.1 Å². The average molecular weight is 340 g/mol. The van der Waals surface area contributed by atoms with Crippen LogP contribution in [0.15, 0.2) is 40.9 Å². The Balaban J connectivity index is 1.47. The number of carbonyl (C=O) groups is 1. The Morgan fingerprint density at radius 1 is 1.36 bits per heavy atom. The monoisotopic (exact) mass is 340 g/mol. The van der Waals surface area contributed by atoms with Gasteiger partial charge in [-0.1, -0.05) is 35.5 Å². The quantitative estimate of drug-likeness (QED) is 0.929. The molecule has 1 aromatic carbocycles. The van der Waals surface area contributed by atoms with E-state index in [1.54, 1.807) is 11.0 Å². The van der Waals surface area contributed by atoms with E-state index in [0.717, 1.165) is 25.0 Å². The average Bonchev–Trinajstić information content (AvgIpc) is 3.34. The summed E-state index contributed by atoms with van der Waals surface area (Å²) in [6.45, 7) is 2.94. The summed E-state index contributed by atoms with van der Waals surface area (Å²) in [6.07, 6.45) is 3.58. The number of hydrogen-bond acceptors (Lipinski definition) is 4. The third-order valence-electron chi connectivity index (χ3n) is 5.56. The highest BCUT2D eigenvalue weighted by molar-refractivity contribution is 5.91. The van der Waals surface area contributed by atoms with E-state index < -0.39 is 5.60 Å². The first kappa shape index (κ1) is 16.3. The maximum Gasteiger partial charge on any atom is 0.292 e. The van der Waals surface area contributed by atoms with Crippen LogP contribution in [-0.2, 0) is 6.42 Å². The van der Waals surface area contributed by atoms with Crippen LogP contribution in [-0.4, -0.2) is 39.8 Å². The highest BCUT2D eigenvalue weighted by Crippen LogP contribution is 2.39. The van der Waals surface area contributed by atoms with Crippen molar-refractivity contribution in [2.75, 3.05) is 13.1 Å². The summed E-state index contributed by atoms with van der Waals surface area (Å²) in [5, 5.41) is 14.8. The van der Waals surface area contributed by atoms with Gasteiger partial charge in [0.1, 0.15) is 0 Å². The lowest BCUT2D eigenvalue weighted by atomic mass is 9.79. The van der Waals surface area contributed by atoms with Gasteiger partial charge in [-0.3, -0.25) is 4.79 Å². The van der Waals surface area contributed by atoms with Crippen molar-refractivity contribution in [1.82, 2.24) is 10.1 Å². The fraction of sp³-hybridized carbons (Fsp3) is 0.500. The molecule has 1 saturated heterocycles. The number of nitrogens with zero attached hydrogens (tertiary/aromatic N) is 2. The van der Waals surface area contributed by atoms with Crippen molar-refractivity contribution in [2.24, 2.45) is 5.92 Å². The Hall–Kier alpha value is -2.14. The molecule has 5 nitrogen and oxygen atoms in total. The third kappa shape index (κ3) is 3.47. The molecule has 0 unspecified atom stereocenters. The van der Waals surface area contributed by atoms with Crippen molar-refractivity contribution in [1.29, 1.82) is 0 Å². The van der Waals surface area contributed by atoms with Gasteiger partial charge in [-0.2, -0.15) is 0 Å². The molecule has 1 N–H and O–H groups in total. The van der Waals surface area contributed by atoms with Crippen molar-refractivity contribution in [3.63, 3.8) is 0 Å². The largest absolute Gasteiger partial charge is 0.390 e. The van der Waals surface area contributed by atoms with Gasteiger partial charge in [-0.25, -0.2) is 0 Å². The summed E-state index contributed by atoms with van der Waals surface area (Å²) in [5.41, 5.74) is 1.30. The molecule has 0 bridgehead atoms. The molecule has 1 aliphatic heterocycles. The summed E-state index contributed by atoms with van der Waals surface area (Å²) >= 11 is 0. The number of aromatic nitrogens is 1. The Bertz CT molecular complexity index is 749. The molecule has 1 saturated carbocycles. The molecule has 2 aliphatic rings. The summed E-state index contributed by atoms with van der Waals surface area (Å²) in [6, 6.07) is 11.9. The minimum Gasteiger partial charge on any atom is -0.390 e.